The molecule has 192 valence electrons. The second-order valence-electron chi connectivity index (χ2n) is 9.29. The van der Waals surface area contributed by atoms with E-state index >= 15 is 0 Å². The summed E-state index contributed by atoms with van der Waals surface area (Å²) in [4.78, 5) is 42.9. The van der Waals surface area contributed by atoms with Crippen molar-refractivity contribution in [2.45, 2.75) is 64.6 Å². The number of hydrogen-bond acceptors (Lipinski definition) is 6. The Labute approximate surface area is 207 Å². The SMILES string of the molecule is CC[C@@H](c1ccccc1F)n1cc(CN2CCCC(NC(=O)CCc3c(C)[nH]c(=O)[nH]c3=O)C2)nn1. The molecule has 0 radical (unpaired) electrons. The molecule has 0 spiro atoms. The van der Waals surface area contributed by atoms with Crippen molar-refractivity contribution >= 4 is 5.91 Å². The van der Waals surface area contributed by atoms with Gasteiger partial charge in [0.1, 0.15) is 5.82 Å². The maximum atomic E-state index is 14.3. The van der Waals surface area contributed by atoms with E-state index in [1.165, 1.54) is 6.07 Å². The molecule has 10 nitrogen and oxygen atoms in total. The highest BCUT2D eigenvalue weighted by Gasteiger charge is 2.23. The minimum atomic E-state index is -0.550. The van der Waals surface area contributed by atoms with Gasteiger partial charge in [-0.15, -0.1) is 5.10 Å². The molecule has 1 unspecified atom stereocenters. The van der Waals surface area contributed by atoms with Crippen LogP contribution in [0.2, 0.25) is 0 Å². The Morgan fingerprint density at radius 3 is 2.83 bits per heavy atom. The lowest BCUT2D eigenvalue weighted by atomic mass is 10.0. The standard InChI is InChI=1S/C25H32FN7O3/c1-3-22(20-8-4-5-9-21(20)26)33-15-18(30-31-33)14-32-12-6-7-17(13-32)28-23(34)11-10-19-16(2)27-25(36)29-24(19)35/h4-5,8-9,15,17,22H,3,6-7,10-14H2,1-2H3,(H,28,34)(H2,27,29,35,36)/t17?,22-/m0/s1. The van der Waals surface area contributed by atoms with Crippen molar-refractivity contribution in [3.63, 3.8) is 0 Å². The van der Waals surface area contributed by atoms with Crippen LogP contribution in [0.15, 0.2) is 40.1 Å². The lowest BCUT2D eigenvalue weighted by molar-refractivity contribution is -0.122. The van der Waals surface area contributed by atoms with Crippen molar-refractivity contribution in [1.82, 2.24) is 35.2 Å². The normalized spacial score (nSPS) is 17.1. The van der Waals surface area contributed by atoms with Crippen molar-refractivity contribution in [3.8, 4) is 0 Å². The summed E-state index contributed by atoms with van der Waals surface area (Å²) < 4.78 is 16.0. The van der Waals surface area contributed by atoms with E-state index in [0.717, 1.165) is 25.1 Å². The fraction of sp³-hybridized carbons (Fsp3) is 0.480. The van der Waals surface area contributed by atoms with E-state index in [-0.39, 0.29) is 36.6 Å². The van der Waals surface area contributed by atoms with Crippen LogP contribution >= 0.6 is 0 Å². The van der Waals surface area contributed by atoms with Crippen LogP contribution in [-0.4, -0.2) is 54.9 Å². The van der Waals surface area contributed by atoms with Gasteiger partial charge in [0.15, 0.2) is 0 Å². The number of aromatic amines is 2. The first-order chi connectivity index (χ1) is 17.3. The molecule has 11 heteroatoms. The Kier molecular flexibility index (Phi) is 8.09. The molecule has 0 saturated carbocycles. The number of H-pyrrole nitrogens is 2. The second kappa shape index (κ2) is 11.4. The number of halogens is 1. The van der Waals surface area contributed by atoms with Gasteiger partial charge in [0.25, 0.3) is 5.56 Å². The van der Waals surface area contributed by atoms with Crippen molar-refractivity contribution in [1.29, 1.82) is 0 Å². The zero-order chi connectivity index (χ0) is 25.7. The molecule has 1 saturated heterocycles. The highest BCUT2D eigenvalue weighted by atomic mass is 19.1. The average Bonchev–Trinajstić information content (AvgIpc) is 3.28. The first-order valence-corrected chi connectivity index (χ1v) is 12.3. The topological polar surface area (TPSA) is 129 Å². The van der Waals surface area contributed by atoms with Crippen LogP contribution in [-0.2, 0) is 17.8 Å². The van der Waals surface area contributed by atoms with Gasteiger partial charge in [-0.05, 0) is 45.2 Å². The molecule has 3 aromatic rings. The van der Waals surface area contributed by atoms with E-state index in [1.54, 1.807) is 23.7 Å². The van der Waals surface area contributed by atoms with Crippen LogP contribution in [0.4, 0.5) is 4.39 Å². The summed E-state index contributed by atoms with van der Waals surface area (Å²) in [5.74, 6) is -0.384. The summed E-state index contributed by atoms with van der Waals surface area (Å²) in [7, 11) is 0. The van der Waals surface area contributed by atoms with Crippen LogP contribution in [0.5, 0.6) is 0 Å². The molecule has 36 heavy (non-hydrogen) atoms. The van der Waals surface area contributed by atoms with Crippen LogP contribution < -0.4 is 16.6 Å². The van der Waals surface area contributed by atoms with Gasteiger partial charge in [-0.1, -0.05) is 30.3 Å². The predicted molar refractivity (Wildman–Crippen MR) is 132 cm³/mol. The van der Waals surface area contributed by atoms with Gasteiger partial charge in [0, 0.05) is 42.4 Å². The summed E-state index contributed by atoms with van der Waals surface area (Å²) in [6, 6.07) is 6.50. The Bertz CT molecular complexity index is 1320. The van der Waals surface area contributed by atoms with Gasteiger partial charge in [-0.3, -0.25) is 19.5 Å². The number of rotatable bonds is 9. The third-order valence-electron chi connectivity index (χ3n) is 6.64. The van der Waals surface area contributed by atoms with Crippen molar-refractivity contribution in [3.05, 3.63) is 79.6 Å². The number of amides is 1. The van der Waals surface area contributed by atoms with E-state index in [9.17, 15) is 18.8 Å². The van der Waals surface area contributed by atoms with Gasteiger partial charge in [-0.2, -0.15) is 0 Å². The monoisotopic (exact) mass is 497 g/mol. The third kappa shape index (κ3) is 6.14. The summed E-state index contributed by atoms with van der Waals surface area (Å²) in [5, 5.41) is 11.6. The Hall–Kier alpha value is -3.60. The molecular weight excluding hydrogens is 465 g/mol. The number of carbonyl (C=O) groups is 1. The summed E-state index contributed by atoms with van der Waals surface area (Å²) in [6.45, 7) is 5.80. The minimum absolute atomic E-state index is 0.00179. The molecule has 3 N–H and O–H groups in total. The number of nitrogens with zero attached hydrogens (tertiary/aromatic N) is 4. The highest BCUT2D eigenvalue weighted by molar-refractivity contribution is 5.76. The van der Waals surface area contributed by atoms with E-state index in [4.69, 9.17) is 0 Å². The molecule has 1 aliphatic rings. The lowest BCUT2D eigenvalue weighted by Gasteiger charge is -2.32. The molecule has 0 bridgehead atoms. The number of benzene rings is 1. The number of nitrogens with one attached hydrogen (secondary N) is 3. The van der Waals surface area contributed by atoms with Gasteiger partial charge in [0.2, 0.25) is 5.91 Å². The van der Waals surface area contributed by atoms with Crippen molar-refractivity contribution in [2.24, 2.45) is 0 Å². The quantitative estimate of drug-likeness (QED) is 0.414. The molecule has 0 aliphatic carbocycles. The smallest absolute Gasteiger partial charge is 0.325 e. The molecule has 2 aromatic heterocycles. The van der Waals surface area contributed by atoms with Gasteiger partial charge in [-0.25, -0.2) is 13.9 Å². The van der Waals surface area contributed by atoms with Gasteiger partial charge in [0.05, 0.1) is 17.9 Å². The summed E-state index contributed by atoms with van der Waals surface area (Å²) in [6.07, 6.45) is 4.78. The molecule has 4 rings (SSSR count). The van der Waals surface area contributed by atoms with Crippen LogP contribution in [0.25, 0.3) is 0 Å². The number of carbonyl (C=O) groups excluding carboxylic acids is 1. The number of piperidine rings is 1. The molecule has 1 aliphatic heterocycles. The highest BCUT2D eigenvalue weighted by Crippen LogP contribution is 2.24. The van der Waals surface area contributed by atoms with Crippen molar-refractivity contribution < 1.29 is 9.18 Å². The molecule has 1 amide bonds. The molecule has 1 aromatic carbocycles. The third-order valence-corrected chi connectivity index (χ3v) is 6.64. The second-order valence-corrected chi connectivity index (χ2v) is 9.29. The Morgan fingerprint density at radius 2 is 2.08 bits per heavy atom. The summed E-state index contributed by atoms with van der Waals surface area (Å²) >= 11 is 0. The zero-order valence-corrected chi connectivity index (χ0v) is 20.6. The number of aromatic nitrogens is 5. The number of aryl methyl sites for hydroxylation is 1. The van der Waals surface area contributed by atoms with Gasteiger partial charge >= 0.3 is 5.69 Å². The maximum absolute atomic E-state index is 14.3. The first kappa shape index (κ1) is 25.5. The Morgan fingerprint density at radius 1 is 1.28 bits per heavy atom. The fourth-order valence-corrected chi connectivity index (χ4v) is 4.84. The maximum Gasteiger partial charge on any atom is 0.325 e. The van der Waals surface area contributed by atoms with Crippen molar-refractivity contribution in [2.75, 3.05) is 13.1 Å². The van der Waals surface area contributed by atoms with E-state index in [1.807, 2.05) is 19.2 Å². The van der Waals surface area contributed by atoms with E-state index in [0.29, 0.717) is 36.3 Å². The predicted octanol–water partition coefficient (Wildman–Crippen LogP) is 1.82. The largest absolute Gasteiger partial charge is 0.352 e. The van der Waals surface area contributed by atoms with E-state index in [2.05, 4.69) is 30.5 Å². The average molecular weight is 498 g/mol. The molecule has 1 fully saturated rings. The Balaban J connectivity index is 1.31. The zero-order valence-electron chi connectivity index (χ0n) is 20.6. The van der Waals surface area contributed by atoms with Crippen LogP contribution in [0, 0.1) is 12.7 Å². The summed E-state index contributed by atoms with van der Waals surface area (Å²) in [5.41, 5.74) is 1.28. The number of hydrogen-bond donors (Lipinski definition) is 3. The first-order valence-electron chi connectivity index (χ1n) is 12.3. The van der Waals surface area contributed by atoms with Crippen LogP contribution in [0.3, 0.4) is 0 Å². The van der Waals surface area contributed by atoms with Crippen LogP contribution in [0.1, 0.15) is 61.2 Å². The fourth-order valence-electron chi connectivity index (χ4n) is 4.84. The lowest BCUT2D eigenvalue weighted by Crippen LogP contribution is -2.47. The molecule has 3 heterocycles. The van der Waals surface area contributed by atoms with E-state index < -0.39 is 11.2 Å². The molecule has 2 atom stereocenters. The minimum Gasteiger partial charge on any atom is -0.352 e. The van der Waals surface area contributed by atoms with Gasteiger partial charge < -0.3 is 10.3 Å². The molecular formula is C25H32FN7O3. The number of likely N-dealkylation sites (tertiary alicyclic amines) is 1.